The molecule has 0 aliphatic carbocycles. The van der Waals surface area contributed by atoms with Crippen LogP contribution in [0.2, 0.25) is 5.15 Å². The zero-order valence-electron chi connectivity index (χ0n) is 8.51. The van der Waals surface area contributed by atoms with Gasteiger partial charge in [-0.25, -0.2) is 4.98 Å². The molecule has 0 atom stereocenters. The summed E-state index contributed by atoms with van der Waals surface area (Å²) in [6, 6.07) is 1.88. The number of furan rings is 1. The molecule has 84 valence electrons. The lowest BCUT2D eigenvalue weighted by Gasteiger charge is -2.13. The number of nitrogens with zero attached hydrogens (tertiary/aromatic N) is 2. The van der Waals surface area contributed by atoms with Gasteiger partial charge in [0.2, 0.25) is 0 Å². The molecule has 2 aromatic heterocycles. The third-order valence-electron chi connectivity index (χ3n) is 2.03. The Hall–Kier alpha value is -1.33. The Bertz CT molecular complexity index is 481. The summed E-state index contributed by atoms with van der Waals surface area (Å²) in [7, 11) is 1.89. The number of thiazole rings is 1. The average Bonchev–Trinajstić information content (AvgIpc) is 2.87. The first kappa shape index (κ1) is 11.2. The van der Waals surface area contributed by atoms with E-state index in [0.717, 1.165) is 11.8 Å². The van der Waals surface area contributed by atoms with Crippen LogP contribution in [0.4, 0.5) is 5.13 Å². The Kier molecular flexibility index (Phi) is 3.26. The first-order chi connectivity index (χ1) is 7.70. The van der Waals surface area contributed by atoms with E-state index >= 15 is 0 Å². The lowest BCUT2D eigenvalue weighted by Crippen LogP contribution is -2.15. The van der Waals surface area contributed by atoms with Gasteiger partial charge < -0.3 is 9.32 Å². The van der Waals surface area contributed by atoms with Gasteiger partial charge in [-0.15, -0.1) is 0 Å². The number of hydrogen-bond donors (Lipinski definition) is 0. The molecule has 0 spiro atoms. The molecule has 0 aliphatic rings. The quantitative estimate of drug-likeness (QED) is 0.789. The van der Waals surface area contributed by atoms with E-state index in [1.807, 2.05) is 18.0 Å². The Labute approximate surface area is 101 Å². The van der Waals surface area contributed by atoms with Crippen molar-refractivity contribution in [1.29, 1.82) is 0 Å². The van der Waals surface area contributed by atoms with Crippen molar-refractivity contribution in [3.05, 3.63) is 34.2 Å². The number of rotatable bonds is 4. The van der Waals surface area contributed by atoms with E-state index in [1.54, 1.807) is 12.5 Å². The fourth-order valence-electron chi connectivity index (χ4n) is 1.26. The van der Waals surface area contributed by atoms with Gasteiger partial charge in [0.1, 0.15) is 4.88 Å². The maximum atomic E-state index is 10.6. The third-order valence-corrected chi connectivity index (χ3v) is 3.53. The molecule has 0 amide bonds. The molecule has 0 saturated heterocycles. The Balaban J connectivity index is 2.14. The van der Waals surface area contributed by atoms with Crippen LogP contribution in [0.25, 0.3) is 0 Å². The zero-order valence-corrected chi connectivity index (χ0v) is 10.1. The summed E-state index contributed by atoms with van der Waals surface area (Å²) in [5, 5.41) is 0.974. The fraction of sp³-hybridized carbons (Fsp3) is 0.200. The molecule has 2 heterocycles. The molecule has 0 radical (unpaired) electrons. The van der Waals surface area contributed by atoms with E-state index in [0.29, 0.717) is 16.6 Å². The second-order valence-electron chi connectivity index (χ2n) is 3.26. The SMILES string of the molecule is CN(Cc1ccoc1)c1nc(Cl)c(C=O)s1. The van der Waals surface area contributed by atoms with E-state index in [-0.39, 0.29) is 5.15 Å². The molecule has 0 aromatic carbocycles. The predicted molar refractivity (Wildman–Crippen MR) is 63.3 cm³/mol. The molecule has 0 bridgehead atoms. The van der Waals surface area contributed by atoms with Crippen molar-refractivity contribution in [2.24, 2.45) is 0 Å². The monoisotopic (exact) mass is 256 g/mol. The van der Waals surface area contributed by atoms with E-state index in [4.69, 9.17) is 16.0 Å². The largest absolute Gasteiger partial charge is 0.472 e. The number of anilines is 1. The average molecular weight is 257 g/mol. The van der Waals surface area contributed by atoms with Gasteiger partial charge in [-0.3, -0.25) is 4.79 Å². The molecule has 0 saturated carbocycles. The van der Waals surface area contributed by atoms with Crippen molar-refractivity contribution in [2.75, 3.05) is 11.9 Å². The minimum absolute atomic E-state index is 0.258. The third kappa shape index (κ3) is 2.25. The Morgan fingerprint density at radius 1 is 1.69 bits per heavy atom. The van der Waals surface area contributed by atoms with Crippen LogP contribution >= 0.6 is 22.9 Å². The van der Waals surface area contributed by atoms with Crippen molar-refractivity contribution in [1.82, 2.24) is 4.98 Å². The molecule has 2 aromatic rings. The molecule has 0 aliphatic heterocycles. The first-order valence-corrected chi connectivity index (χ1v) is 5.74. The van der Waals surface area contributed by atoms with E-state index in [1.165, 1.54) is 11.3 Å². The molecular formula is C10H9ClN2O2S. The van der Waals surface area contributed by atoms with Gasteiger partial charge in [0.05, 0.1) is 12.5 Å². The van der Waals surface area contributed by atoms with Gasteiger partial charge in [-0.05, 0) is 6.07 Å². The lowest BCUT2D eigenvalue weighted by molar-refractivity contribution is 0.112. The molecular weight excluding hydrogens is 248 g/mol. The molecule has 6 heteroatoms. The maximum absolute atomic E-state index is 10.6. The highest BCUT2D eigenvalue weighted by atomic mass is 35.5. The van der Waals surface area contributed by atoms with Gasteiger partial charge in [0.15, 0.2) is 16.6 Å². The summed E-state index contributed by atoms with van der Waals surface area (Å²) < 4.78 is 4.98. The highest BCUT2D eigenvalue weighted by molar-refractivity contribution is 7.17. The van der Waals surface area contributed by atoms with Crippen molar-refractivity contribution in [2.45, 2.75) is 6.54 Å². The van der Waals surface area contributed by atoms with Crippen molar-refractivity contribution < 1.29 is 9.21 Å². The van der Waals surface area contributed by atoms with E-state index in [9.17, 15) is 4.79 Å². The lowest BCUT2D eigenvalue weighted by atomic mass is 10.3. The second-order valence-corrected chi connectivity index (χ2v) is 4.62. The molecule has 16 heavy (non-hydrogen) atoms. The van der Waals surface area contributed by atoms with Crippen LogP contribution in [0, 0.1) is 0 Å². The second kappa shape index (κ2) is 4.67. The maximum Gasteiger partial charge on any atom is 0.187 e. The van der Waals surface area contributed by atoms with Crippen LogP contribution in [0.5, 0.6) is 0 Å². The van der Waals surface area contributed by atoms with Crippen LogP contribution in [0.1, 0.15) is 15.2 Å². The molecule has 0 N–H and O–H groups in total. The van der Waals surface area contributed by atoms with Crippen LogP contribution in [0.15, 0.2) is 23.0 Å². The van der Waals surface area contributed by atoms with Crippen LogP contribution in [0.3, 0.4) is 0 Å². The number of carbonyl (C=O) groups excluding carboxylic acids is 1. The number of hydrogen-bond acceptors (Lipinski definition) is 5. The molecule has 2 rings (SSSR count). The van der Waals surface area contributed by atoms with Gasteiger partial charge in [-0.2, -0.15) is 0 Å². The minimum Gasteiger partial charge on any atom is -0.472 e. The first-order valence-electron chi connectivity index (χ1n) is 4.54. The van der Waals surface area contributed by atoms with Crippen molar-refractivity contribution in [3.63, 3.8) is 0 Å². The summed E-state index contributed by atoms with van der Waals surface area (Å²) in [6.45, 7) is 0.665. The highest BCUT2D eigenvalue weighted by Crippen LogP contribution is 2.28. The van der Waals surface area contributed by atoms with Gasteiger partial charge in [0.25, 0.3) is 0 Å². The Morgan fingerprint density at radius 3 is 3.06 bits per heavy atom. The highest BCUT2D eigenvalue weighted by Gasteiger charge is 2.12. The van der Waals surface area contributed by atoms with E-state index < -0.39 is 0 Å². The molecule has 0 fully saturated rings. The molecule has 0 unspecified atom stereocenters. The van der Waals surface area contributed by atoms with Crippen LogP contribution in [-0.2, 0) is 6.54 Å². The van der Waals surface area contributed by atoms with Crippen molar-refractivity contribution in [3.8, 4) is 0 Å². The number of aromatic nitrogens is 1. The summed E-state index contributed by atoms with van der Waals surface area (Å²) in [6.07, 6.45) is 4.01. The number of halogens is 1. The number of aldehydes is 1. The van der Waals surface area contributed by atoms with Crippen LogP contribution < -0.4 is 4.90 Å². The molecule has 4 nitrogen and oxygen atoms in total. The van der Waals surface area contributed by atoms with Gasteiger partial charge >= 0.3 is 0 Å². The zero-order chi connectivity index (χ0) is 11.5. The smallest absolute Gasteiger partial charge is 0.187 e. The summed E-state index contributed by atoms with van der Waals surface area (Å²) >= 11 is 7.07. The van der Waals surface area contributed by atoms with Crippen LogP contribution in [-0.4, -0.2) is 18.3 Å². The number of carbonyl (C=O) groups is 1. The van der Waals surface area contributed by atoms with E-state index in [2.05, 4.69) is 4.98 Å². The summed E-state index contributed by atoms with van der Waals surface area (Å²) in [5.41, 5.74) is 1.04. The standard InChI is InChI=1S/C10H9ClN2O2S/c1-13(4-7-2-3-15-6-7)10-12-9(11)8(5-14)16-10/h2-3,5-6H,4H2,1H3. The predicted octanol–water partition coefficient (Wildman–Crippen LogP) is 2.84. The van der Waals surface area contributed by atoms with Gasteiger partial charge in [0, 0.05) is 19.2 Å². The minimum atomic E-state index is 0.258. The van der Waals surface area contributed by atoms with Gasteiger partial charge in [-0.1, -0.05) is 22.9 Å². The summed E-state index contributed by atoms with van der Waals surface area (Å²) in [5.74, 6) is 0. The van der Waals surface area contributed by atoms with Crippen molar-refractivity contribution >= 4 is 34.4 Å². The summed E-state index contributed by atoms with van der Waals surface area (Å²) in [4.78, 5) is 17.1. The Morgan fingerprint density at radius 2 is 2.50 bits per heavy atom. The fourth-order valence-corrected chi connectivity index (χ4v) is 2.28. The normalized spacial score (nSPS) is 10.4. The topological polar surface area (TPSA) is 46.3 Å².